The molecule has 0 spiro atoms. The summed E-state index contributed by atoms with van der Waals surface area (Å²) in [5.74, 6) is 2.34. The maximum atomic E-state index is 11.9. The topological polar surface area (TPSA) is 74.8 Å². The Labute approximate surface area is 156 Å². The van der Waals surface area contributed by atoms with E-state index in [1.54, 1.807) is 7.05 Å². The standard InChI is InChI=1S/C20H32N4O2/c1-3-26-18-11-7-6-10-17(18)15-24-20(21-2)23-13-12-22-19(25)14-16-8-4-5-9-16/h6-7,10-11,16H,3-5,8-9,12-15H2,1-2H3,(H,22,25)(H2,21,23,24). The van der Waals surface area contributed by atoms with Gasteiger partial charge in [-0.05, 0) is 31.7 Å². The van der Waals surface area contributed by atoms with E-state index >= 15 is 0 Å². The van der Waals surface area contributed by atoms with Crippen LogP contribution in [-0.4, -0.2) is 38.6 Å². The van der Waals surface area contributed by atoms with Crippen molar-refractivity contribution in [1.82, 2.24) is 16.0 Å². The van der Waals surface area contributed by atoms with E-state index in [9.17, 15) is 4.79 Å². The minimum atomic E-state index is 0.160. The van der Waals surface area contributed by atoms with Crippen LogP contribution in [0, 0.1) is 5.92 Å². The molecule has 0 aliphatic heterocycles. The Morgan fingerprint density at radius 3 is 2.62 bits per heavy atom. The molecule has 6 heteroatoms. The highest BCUT2D eigenvalue weighted by molar-refractivity contribution is 5.80. The molecule has 0 heterocycles. The predicted molar refractivity (Wildman–Crippen MR) is 105 cm³/mol. The van der Waals surface area contributed by atoms with Gasteiger partial charge in [-0.3, -0.25) is 9.79 Å². The molecular weight excluding hydrogens is 328 g/mol. The third kappa shape index (κ3) is 6.94. The number of guanidine groups is 1. The Hall–Kier alpha value is -2.24. The second-order valence-corrected chi connectivity index (χ2v) is 6.60. The van der Waals surface area contributed by atoms with Gasteiger partial charge in [0, 0.05) is 38.7 Å². The Balaban J connectivity index is 1.65. The number of para-hydroxylation sites is 1. The van der Waals surface area contributed by atoms with Crippen molar-refractivity contribution < 1.29 is 9.53 Å². The van der Waals surface area contributed by atoms with Crippen LogP contribution in [0.3, 0.4) is 0 Å². The summed E-state index contributed by atoms with van der Waals surface area (Å²) in [5.41, 5.74) is 1.09. The largest absolute Gasteiger partial charge is 0.494 e. The van der Waals surface area contributed by atoms with Gasteiger partial charge in [-0.1, -0.05) is 31.0 Å². The molecule has 0 unspecified atom stereocenters. The molecule has 0 aromatic heterocycles. The normalized spacial score (nSPS) is 14.9. The molecule has 3 N–H and O–H groups in total. The predicted octanol–water partition coefficient (Wildman–Crippen LogP) is 2.45. The fourth-order valence-corrected chi connectivity index (χ4v) is 3.28. The first-order valence-corrected chi connectivity index (χ1v) is 9.64. The first kappa shape index (κ1) is 20.1. The lowest BCUT2D eigenvalue weighted by Gasteiger charge is -2.15. The van der Waals surface area contributed by atoms with Gasteiger partial charge >= 0.3 is 0 Å². The summed E-state index contributed by atoms with van der Waals surface area (Å²) in [5, 5.41) is 9.49. The summed E-state index contributed by atoms with van der Waals surface area (Å²) in [4.78, 5) is 16.1. The minimum Gasteiger partial charge on any atom is -0.494 e. The van der Waals surface area contributed by atoms with Gasteiger partial charge in [0.05, 0.1) is 6.61 Å². The summed E-state index contributed by atoms with van der Waals surface area (Å²) in [6.07, 6.45) is 5.61. The highest BCUT2D eigenvalue weighted by Gasteiger charge is 2.17. The second kappa shape index (κ2) is 11.4. The maximum Gasteiger partial charge on any atom is 0.220 e. The van der Waals surface area contributed by atoms with Crippen LogP contribution in [-0.2, 0) is 11.3 Å². The van der Waals surface area contributed by atoms with Crippen molar-refractivity contribution in [3.05, 3.63) is 29.8 Å². The van der Waals surface area contributed by atoms with E-state index in [1.807, 2.05) is 31.2 Å². The van der Waals surface area contributed by atoms with E-state index in [4.69, 9.17) is 4.74 Å². The lowest BCUT2D eigenvalue weighted by Crippen LogP contribution is -2.41. The first-order valence-electron chi connectivity index (χ1n) is 9.64. The van der Waals surface area contributed by atoms with Crippen LogP contribution in [0.15, 0.2) is 29.3 Å². The number of ether oxygens (including phenoxy) is 1. The monoisotopic (exact) mass is 360 g/mol. The average Bonchev–Trinajstić information content (AvgIpc) is 3.15. The summed E-state index contributed by atoms with van der Waals surface area (Å²) >= 11 is 0. The van der Waals surface area contributed by atoms with Crippen LogP contribution < -0.4 is 20.7 Å². The average molecular weight is 361 g/mol. The zero-order valence-corrected chi connectivity index (χ0v) is 16.0. The number of aliphatic imine (C=N–C) groups is 1. The van der Waals surface area contributed by atoms with Crippen LogP contribution in [0.2, 0.25) is 0 Å². The molecule has 1 saturated carbocycles. The number of amides is 1. The molecule has 2 rings (SSSR count). The number of rotatable bonds is 9. The van der Waals surface area contributed by atoms with E-state index in [2.05, 4.69) is 20.9 Å². The lowest BCUT2D eigenvalue weighted by atomic mass is 10.0. The number of nitrogens with zero attached hydrogens (tertiary/aromatic N) is 1. The molecule has 0 saturated heterocycles. The Kier molecular flexibility index (Phi) is 8.79. The van der Waals surface area contributed by atoms with Crippen molar-refractivity contribution in [2.24, 2.45) is 10.9 Å². The zero-order chi connectivity index (χ0) is 18.6. The van der Waals surface area contributed by atoms with Crippen LogP contribution in [0.5, 0.6) is 5.75 Å². The third-order valence-electron chi connectivity index (χ3n) is 4.63. The Bertz CT molecular complexity index is 583. The van der Waals surface area contributed by atoms with Gasteiger partial charge < -0.3 is 20.7 Å². The van der Waals surface area contributed by atoms with E-state index < -0.39 is 0 Å². The van der Waals surface area contributed by atoms with Crippen molar-refractivity contribution in [3.63, 3.8) is 0 Å². The summed E-state index contributed by atoms with van der Waals surface area (Å²) in [6, 6.07) is 7.97. The smallest absolute Gasteiger partial charge is 0.220 e. The number of nitrogens with one attached hydrogen (secondary N) is 3. The second-order valence-electron chi connectivity index (χ2n) is 6.60. The summed E-state index contributed by atoms with van der Waals surface area (Å²) < 4.78 is 5.63. The fraction of sp³-hybridized carbons (Fsp3) is 0.600. The molecule has 0 atom stereocenters. The van der Waals surface area contributed by atoms with Gasteiger partial charge in [-0.2, -0.15) is 0 Å². The maximum absolute atomic E-state index is 11.9. The van der Waals surface area contributed by atoms with Crippen molar-refractivity contribution in [1.29, 1.82) is 0 Å². The number of carbonyl (C=O) groups is 1. The molecular formula is C20H32N4O2. The van der Waals surface area contributed by atoms with Crippen molar-refractivity contribution in [3.8, 4) is 5.75 Å². The van der Waals surface area contributed by atoms with Crippen LogP contribution >= 0.6 is 0 Å². The van der Waals surface area contributed by atoms with Crippen molar-refractivity contribution in [2.45, 2.75) is 45.6 Å². The fourth-order valence-electron chi connectivity index (χ4n) is 3.28. The van der Waals surface area contributed by atoms with Gasteiger partial charge in [0.1, 0.15) is 5.75 Å². The van der Waals surface area contributed by atoms with Crippen LogP contribution in [0.4, 0.5) is 0 Å². The number of hydrogen-bond acceptors (Lipinski definition) is 3. The number of benzene rings is 1. The molecule has 1 aromatic carbocycles. The molecule has 1 amide bonds. The quantitative estimate of drug-likeness (QED) is 0.359. The van der Waals surface area contributed by atoms with E-state index in [-0.39, 0.29) is 5.91 Å². The molecule has 1 aliphatic rings. The van der Waals surface area contributed by atoms with E-state index in [0.29, 0.717) is 44.5 Å². The zero-order valence-electron chi connectivity index (χ0n) is 16.0. The molecule has 26 heavy (non-hydrogen) atoms. The van der Waals surface area contributed by atoms with Crippen molar-refractivity contribution in [2.75, 3.05) is 26.7 Å². The molecule has 1 fully saturated rings. The lowest BCUT2D eigenvalue weighted by molar-refractivity contribution is -0.121. The SMILES string of the molecule is CCOc1ccccc1CNC(=NC)NCCNC(=O)CC1CCCC1. The minimum absolute atomic E-state index is 0.160. The molecule has 0 bridgehead atoms. The summed E-state index contributed by atoms with van der Waals surface area (Å²) in [6.45, 7) is 4.49. The van der Waals surface area contributed by atoms with E-state index in [1.165, 1.54) is 25.7 Å². The summed E-state index contributed by atoms with van der Waals surface area (Å²) in [7, 11) is 1.74. The van der Waals surface area contributed by atoms with Gasteiger partial charge in [0.2, 0.25) is 5.91 Å². The first-order chi connectivity index (χ1) is 12.7. The molecule has 0 radical (unpaired) electrons. The van der Waals surface area contributed by atoms with Gasteiger partial charge in [-0.25, -0.2) is 0 Å². The number of carbonyl (C=O) groups excluding carboxylic acids is 1. The molecule has 6 nitrogen and oxygen atoms in total. The number of hydrogen-bond donors (Lipinski definition) is 3. The van der Waals surface area contributed by atoms with Gasteiger partial charge in [0.15, 0.2) is 5.96 Å². The Morgan fingerprint density at radius 1 is 1.15 bits per heavy atom. The van der Waals surface area contributed by atoms with E-state index in [0.717, 1.165) is 11.3 Å². The molecule has 144 valence electrons. The van der Waals surface area contributed by atoms with Gasteiger partial charge in [-0.15, -0.1) is 0 Å². The van der Waals surface area contributed by atoms with Gasteiger partial charge in [0.25, 0.3) is 0 Å². The highest BCUT2D eigenvalue weighted by atomic mass is 16.5. The highest BCUT2D eigenvalue weighted by Crippen LogP contribution is 2.27. The Morgan fingerprint density at radius 2 is 1.88 bits per heavy atom. The van der Waals surface area contributed by atoms with Crippen molar-refractivity contribution >= 4 is 11.9 Å². The van der Waals surface area contributed by atoms with Crippen LogP contribution in [0.1, 0.15) is 44.6 Å². The third-order valence-corrected chi connectivity index (χ3v) is 4.63. The van der Waals surface area contributed by atoms with Crippen LogP contribution in [0.25, 0.3) is 0 Å². The molecule has 1 aliphatic carbocycles. The molecule has 1 aromatic rings.